The Morgan fingerprint density at radius 1 is 1.00 bits per heavy atom. The molecule has 0 aliphatic carbocycles. The molecule has 1 N–H and O–H groups in total. The number of nitrogens with one attached hydrogen (secondary N) is 1. The van der Waals surface area contributed by atoms with Gasteiger partial charge >= 0.3 is 10.1 Å². The van der Waals surface area contributed by atoms with Crippen LogP contribution >= 0.6 is 0 Å². The zero-order valence-electron chi connectivity index (χ0n) is 12.6. The summed E-state index contributed by atoms with van der Waals surface area (Å²) in [5, 5.41) is 0.332. The maximum Gasteiger partial charge on any atom is 0.306 e. The van der Waals surface area contributed by atoms with Gasteiger partial charge in [-0.2, -0.15) is 8.42 Å². The first kappa shape index (κ1) is 17.0. The van der Waals surface area contributed by atoms with Crippen LogP contribution in [-0.2, 0) is 10.1 Å². The molecule has 9 heteroatoms. The molecule has 5 nitrogen and oxygen atoms in total. The maximum atomic E-state index is 13.5. The Bertz CT molecular complexity index is 1130. The van der Waals surface area contributed by atoms with Gasteiger partial charge in [-0.05, 0) is 35.9 Å². The van der Waals surface area contributed by atoms with Crippen molar-refractivity contribution in [3.05, 3.63) is 64.3 Å². The first-order valence-electron chi connectivity index (χ1n) is 6.85. The van der Waals surface area contributed by atoms with E-state index in [0.29, 0.717) is 0 Å². The molecule has 130 valence electrons. The normalized spacial score (nSPS) is 11.7. The highest BCUT2D eigenvalue weighted by molar-refractivity contribution is 7.86. The van der Waals surface area contributed by atoms with E-state index in [0.717, 1.165) is 18.4 Å². The molecule has 0 atom stereocenters. The largest absolute Gasteiger partial charge is 0.383 e. The van der Waals surface area contributed by atoms with Crippen molar-refractivity contribution in [1.82, 2.24) is 4.98 Å². The predicted molar refractivity (Wildman–Crippen MR) is 85.4 cm³/mol. The van der Waals surface area contributed by atoms with Crippen LogP contribution in [0.25, 0.3) is 21.9 Å². The third-order valence-electron chi connectivity index (χ3n) is 3.42. The average Bonchev–Trinajstić information content (AvgIpc) is 2.51. The molecule has 0 unspecified atom stereocenters. The van der Waals surface area contributed by atoms with Gasteiger partial charge in [0.05, 0.1) is 6.26 Å². The van der Waals surface area contributed by atoms with Gasteiger partial charge < -0.3 is 9.17 Å². The molecule has 0 radical (unpaired) electrons. The quantitative estimate of drug-likeness (QED) is 0.569. The lowest BCUT2D eigenvalue weighted by Gasteiger charge is -2.09. The van der Waals surface area contributed by atoms with Crippen molar-refractivity contribution in [3.63, 3.8) is 0 Å². The third kappa shape index (κ3) is 3.36. The summed E-state index contributed by atoms with van der Waals surface area (Å²) in [6, 6.07) is 5.38. The number of fused-ring (bicyclic) bond motifs is 1. The molecule has 0 fully saturated rings. The summed E-state index contributed by atoms with van der Waals surface area (Å²) in [4.78, 5) is 14.3. The van der Waals surface area contributed by atoms with Crippen LogP contribution in [0.3, 0.4) is 0 Å². The minimum absolute atomic E-state index is 0.0332. The SMILES string of the molecule is CS(=O)(=O)Oc1ccc2c(=O)[nH]cc(-c3cc(F)c(F)c(F)c3)c2c1. The van der Waals surface area contributed by atoms with E-state index < -0.39 is 33.1 Å². The van der Waals surface area contributed by atoms with Crippen LogP contribution in [0.1, 0.15) is 0 Å². The van der Waals surface area contributed by atoms with Crippen molar-refractivity contribution in [2.75, 3.05) is 6.26 Å². The van der Waals surface area contributed by atoms with E-state index in [2.05, 4.69) is 4.98 Å². The van der Waals surface area contributed by atoms with Crippen LogP contribution < -0.4 is 9.74 Å². The minimum Gasteiger partial charge on any atom is -0.383 e. The summed E-state index contributed by atoms with van der Waals surface area (Å²) in [6.45, 7) is 0. The second-order valence-electron chi connectivity index (χ2n) is 5.28. The molecule has 0 amide bonds. The lowest BCUT2D eigenvalue weighted by atomic mass is 10.0. The van der Waals surface area contributed by atoms with Crippen LogP contribution in [0.15, 0.2) is 41.3 Å². The van der Waals surface area contributed by atoms with Crippen LogP contribution in [-0.4, -0.2) is 19.7 Å². The summed E-state index contributed by atoms with van der Waals surface area (Å²) in [5.74, 6) is -4.47. The highest BCUT2D eigenvalue weighted by Crippen LogP contribution is 2.31. The molecule has 0 aliphatic rings. The molecule has 1 aromatic heterocycles. The number of H-pyrrole nitrogens is 1. The van der Waals surface area contributed by atoms with E-state index in [-0.39, 0.29) is 27.6 Å². The molecule has 1 heterocycles. The van der Waals surface area contributed by atoms with Crippen LogP contribution in [0, 0.1) is 17.5 Å². The number of rotatable bonds is 3. The summed E-state index contributed by atoms with van der Waals surface area (Å²) in [7, 11) is -3.81. The van der Waals surface area contributed by atoms with Crippen LogP contribution in [0.2, 0.25) is 0 Å². The second-order valence-corrected chi connectivity index (χ2v) is 6.86. The molecule has 3 aromatic rings. The summed E-state index contributed by atoms with van der Waals surface area (Å²) >= 11 is 0. The Hall–Kier alpha value is -2.81. The van der Waals surface area contributed by atoms with E-state index in [4.69, 9.17) is 4.18 Å². The fraction of sp³-hybridized carbons (Fsp3) is 0.0625. The third-order valence-corrected chi connectivity index (χ3v) is 3.91. The number of aromatic nitrogens is 1. The molecular weight excluding hydrogens is 359 g/mol. The van der Waals surface area contributed by atoms with E-state index in [9.17, 15) is 26.4 Å². The van der Waals surface area contributed by atoms with E-state index in [1.807, 2.05) is 0 Å². The predicted octanol–water partition coefficient (Wildman–Crippen LogP) is 2.95. The Kier molecular flexibility index (Phi) is 4.03. The lowest BCUT2D eigenvalue weighted by Crippen LogP contribution is -2.08. The van der Waals surface area contributed by atoms with Gasteiger partial charge in [0.25, 0.3) is 5.56 Å². The van der Waals surface area contributed by atoms with Crippen LogP contribution in [0.5, 0.6) is 5.75 Å². The van der Waals surface area contributed by atoms with Gasteiger partial charge in [0.2, 0.25) is 0 Å². The number of halogens is 3. The smallest absolute Gasteiger partial charge is 0.306 e. The zero-order valence-corrected chi connectivity index (χ0v) is 13.5. The van der Waals surface area contributed by atoms with Gasteiger partial charge in [0.15, 0.2) is 17.5 Å². The molecule has 0 saturated carbocycles. The number of benzene rings is 2. The van der Waals surface area contributed by atoms with Crippen molar-refractivity contribution >= 4 is 20.9 Å². The Morgan fingerprint density at radius 3 is 2.24 bits per heavy atom. The Labute approximate surface area is 139 Å². The van der Waals surface area contributed by atoms with Gasteiger partial charge in [-0.25, -0.2) is 13.2 Å². The van der Waals surface area contributed by atoms with Crippen molar-refractivity contribution in [1.29, 1.82) is 0 Å². The van der Waals surface area contributed by atoms with Gasteiger partial charge in [-0.3, -0.25) is 4.79 Å². The van der Waals surface area contributed by atoms with Crippen molar-refractivity contribution in [2.45, 2.75) is 0 Å². The second kappa shape index (κ2) is 5.92. The highest BCUT2D eigenvalue weighted by atomic mass is 32.2. The number of pyridine rings is 1. The molecular formula is C16H10F3NO4S. The first-order chi connectivity index (χ1) is 11.7. The molecule has 0 spiro atoms. The van der Waals surface area contributed by atoms with E-state index in [1.165, 1.54) is 24.4 Å². The van der Waals surface area contributed by atoms with Crippen LogP contribution in [0.4, 0.5) is 13.2 Å². The summed E-state index contributed by atoms with van der Waals surface area (Å²) in [6.07, 6.45) is 2.04. The fourth-order valence-electron chi connectivity index (χ4n) is 2.41. The minimum atomic E-state index is -3.81. The molecule has 25 heavy (non-hydrogen) atoms. The molecule has 0 bridgehead atoms. The van der Waals surface area contributed by atoms with Crippen molar-refractivity contribution in [3.8, 4) is 16.9 Å². The number of hydrogen-bond donors (Lipinski definition) is 1. The number of hydrogen-bond acceptors (Lipinski definition) is 4. The van der Waals surface area contributed by atoms with Crippen molar-refractivity contribution < 1.29 is 25.8 Å². The Balaban J connectivity index is 2.30. The standard InChI is InChI=1S/C16H10F3NO4S/c1-25(22,23)24-9-2-3-10-11(6-9)12(7-20-16(10)21)8-4-13(17)15(19)14(18)5-8/h2-7H,1H3,(H,20,21). The molecule has 0 saturated heterocycles. The van der Waals surface area contributed by atoms with Gasteiger partial charge in [-0.15, -0.1) is 0 Å². The van der Waals surface area contributed by atoms with E-state index >= 15 is 0 Å². The Morgan fingerprint density at radius 2 is 1.64 bits per heavy atom. The van der Waals surface area contributed by atoms with Crippen molar-refractivity contribution in [2.24, 2.45) is 0 Å². The monoisotopic (exact) mass is 369 g/mol. The molecule has 2 aromatic carbocycles. The van der Waals surface area contributed by atoms with E-state index in [1.54, 1.807) is 0 Å². The first-order valence-corrected chi connectivity index (χ1v) is 8.67. The zero-order chi connectivity index (χ0) is 18.4. The maximum absolute atomic E-state index is 13.5. The fourth-order valence-corrected chi connectivity index (χ4v) is 2.87. The summed E-state index contributed by atoms with van der Waals surface area (Å²) in [5.41, 5.74) is -0.354. The average molecular weight is 369 g/mol. The van der Waals surface area contributed by atoms with Gasteiger partial charge in [-0.1, -0.05) is 0 Å². The number of aromatic amines is 1. The molecule has 0 aliphatic heterocycles. The highest BCUT2D eigenvalue weighted by Gasteiger charge is 2.15. The lowest BCUT2D eigenvalue weighted by molar-refractivity contribution is 0.448. The summed E-state index contributed by atoms with van der Waals surface area (Å²) < 4.78 is 67.5. The van der Waals surface area contributed by atoms with Gasteiger partial charge in [0, 0.05) is 22.5 Å². The topological polar surface area (TPSA) is 76.2 Å². The molecule has 3 rings (SSSR count). The van der Waals surface area contributed by atoms with Gasteiger partial charge in [0.1, 0.15) is 5.75 Å².